The molecule has 2 nitrogen and oxygen atoms in total. The summed E-state index contributed by atoms with van der Waals surface area (Å²) in [7, 11) is 0. The number of fused-ring (bicyclic) bond motifs is 1. The fraction of sp³-hybridized carbons (Fsp3) is 0.824. The molecular formula is C17H28N2S. The lowest BCUT2D eigenvalue weighted by atomic mass is 9.66. The molecule has 0 radical (unpaired) electrons. The molecule has 3 rings (SSSR count). The van der Waals surface area contributed by atoms with Crippen molar-refractivity contribution < 1.29 is 0 Å². The lowest BCUT2D eigenvalue weighted by Crippen LogP contribution is -2.42. The van der Waals surface area contributed by atoms with E-state index in [2.05, 4.69) is 20.8 Å². The smallest absolute Gasteiger partial charge is 0.113 e. The standard InChI is InChI=1S/C17H28N2S/c1-4-16(2,3)12-8-10-17(18,11-9-12)15-19-13-6-5-7-14(13)20-15/h12H,4-11,18H2,1-3H3. The Hall–Kier alpha value is -0.410. The average Bonchev–Trinajstić information content (AvgIpc) is 3.00. The molecule has 0 atom stereocenters. The summed E-state index contributed by atoms with van der Waals surface area (Å²) in [4.78, 5) is 6.40. The molecular weight excluding hydrogens is 264 g/mol. The molecule has 1 heterocycles. The minimum absolute atomic E-state index is 0.130. The third-order valence-electron chi connectivity index (χ3n) is 5.92. The predicted octanol–water partition coefficient (Wildman–Crippen LogP) is 4.41. The molecule has 2 aliphatic rings. The minimum Gasteiger partial charge on any atom is -0.319 e. The summed E-state index contributed by atoms with van der Waals surface area (Å²) < 4.78 is 0. The van der Waals surface area contributed by atoms with Gasteiger partial charge >= 0.3 is 0 Å². The highest BCUT2D eigenvalue weighted by Gasteiger charge is 2.40. The Morgan fingerprint density at radius 3 is 2.60 bits per heavy atom. The molecule has 3 heteroatoms. The highest BCUT2D eigenvalue weighted by atomic mass is 32.1. The van der Waals surface area contributed by atoms with Crippen molar-refractivity contribution in [3.05, 3.63) is 15.6 Å². The third-order valence-corrected chi connectivity index (χ3v) is 7.29. The summed E-state index contributed by atoms with van der Waals surface area (Å²) >= 11 is 1.91. The van der Waals surface area contributed by atoms with Gasteiger partial charge in [-0.25, -0.2) is 4.98 Å². The molecule has 0 aliphatic heterocycles. The van der Waals surface area contributed by atoms with Gasteiger partial charge in [0, 0.05) is 4.88 Å². The van der Waals surface area contributed by atoms with Gasteiger partial charge in [-0.05, 0) is 56.3 Å². The van der Waals surface area contributed by atoms with Crippen molar-refractivity contribution in [2.45, 2.75) is 77.7 Å². The maximum Gasteiger partial charge on any atom is 0.113 e. The van der Waals surface area contributed by atoms with E-state index in [0.29, 0.717) is 5.41 Å². The molecule has 112 valence electrons. The first kappa shape index (κ1) is 14.5. The minimum atomic E-state index is -0.130. The third kappa shape index (κ3) is 2.43. The van der Waals surface area contributed by atoms with E-state index in [-0.39, 0.29) is 5.54 Å². The van der Waals surface area contributed by atoms with Crippen molar-refractivity contribution in [1.29, 1.82) is 0 Å². The number of aromatic nitrogens is 1. The molecule has 1 saturated carbocycles. The second-order valence-electron chi connectivity index (χ2n) is 7.51. The van der Waals surface area contributed by atoms with E-state index >= 15 is 0 Å². The zero-order valence-corrected chi connectivity index (χ0v) is 14.0. The second kappa shape index (κ2) is 5.10. The first-order chi connectivity index (χ1) is 9.44. The van der Waals surface area contributed by atoms with Gasteiger partial charge in [-0.1, -0.05) is 27.2 Å². The Morgan fingerprint density at radius 1 is 1.30 bits per heavy atom. The fourth-order valence-corrected chi connectivity index (χ4v) is 5.13. The van der Waals surface area contributed by atoms with Crippen LogP contribution < -0.4 is 5.73 Å². The summed E-state index contributed by atoms with van der Waals surface area (Å²) in [5, 5.41) is 1.23. The van der Waals surface area contributed by atoms with Gasteiger partial charge in [0.25, 0.3) is 0 Å². The predicted molar refractivity (Wildman–Crippen MR) is 86.0 cm³/mol. The number of rotatable bonds is 3. The number of nitrogens with zero attached hydrogens (tertiary/aromatic N) is 1. The monoisotopic (exact) mass is 292 g/mol. The maximum absolute atomic E-state index is 6.74. The van der Waals surface area contributed by atoms with Crippen molar-refractivity contribution in [2.75, 3.05) is 0 Å². The number of hydrogen-bond donors (Lipinski definition) is 1. The van der Waals surface area contributed by atoms with E-state index < -0.39 is 0 Å². The number of nitrogens with two attached hydrogens (primary N) is 1. The van der Waals surface area contributed by atoms with Crippen LogP contribution >= 0.6 is 11.3 Å². The zero-order chi connectivity index (χ0) is 14.4. The van der Waals surface area contributed by atoms with E-state index in [4.69, 9.17) is 10.7 Å². The highest BCUT2D eigenvalue weighted by Crippen LogP contribution is 2.47. The van der Waals surface area contributed by atoms with Crippen LogP contribution in [0.15, 0.2) is 0 Å². The molecule has 0 aromatic carbocycles. The van der Waals surface area contributed by atoms with E-state index in [0.717, 1.165) is 18.8 Å². The Morgan fingerprint density at radius 2 is 2.00 bits per heavy atom. The molecule has 0 amide bonds. The zero-order valence-electron chi connectivity index (χ0n) is 13.2. The second-order valence-corrected chi connectivity index (χ2v) is 8.60. The lowest BCUT2D eigenvalue weighted by molar-refractivity contribution is 0.115. The normalized spacial score (nSPS) is 30.5. The molecule has 1 aromatic rings. The van der Waals surface area contributed by atoms with Crippen molar-refractivity contribution in [3.63, 3.8) is 0 Å². The van der Waals surface area contributed by atoms with Gasteiger partial charge in [0.15, 0.2) is 0 Å². The summed E-state index contributed by atoms with van der Waals surface area (Å²) in [6, 6.07) is 0. The fourth-order valence-electron chi connectivity index (χ4n) is 3.82. The molecule has 1 fully saturated rings. The molecule has 2 aliphatic carbocycles. The van der Waals surface area contributed by atoms with Crippen LogP contribution in [-0.2, 0) is 18.4 Å². The van der Waals surface area contributed by atoms with Gasteiger partial charge in [-0.2, -0.15) is 0 Å². The molecule has 2 N–H and O–H groups in total. The number of thiazole rings is 1. The quantitative estimate of drug-likeness (QED) is 0.896. The summed E-state index contributed by atoms with van der Waals surface area (Å²) in [5.74, 6) is 0.830. The molecule has 1 aromatic heterocycles. The van der Waals surface area contributed by atoms with E-state index in [1.165, 1.54) is 54.1 Å². The van der Waals surface area contributed by atoms with Gasteiger partial charge in [0.2, 0.25) is 0 Å². The SMILES string of the molecule is CCC(C)(C)C1CCC(N)(c2nc3c(s2)CCC3)CC1. The van der Waals surface area contributed by atoms with Crippen LogP contribution in [0, 0.1) is 11.3 Å². The summed E-state index contributed by atoms with van der Waals surface area (Å²) in [6.07, 6.45) is 9.73. The average molecular weight is 292 g/mol. The van der Waals surface area contributed by atoms with Gasteiger partial charge in [0.05, 0.1) is 11.2 Å². The van der Waals surface area contributed by atoms with Crippen LogP contribution in [0.1, 0.15) is 74.9 Å². The van der Waals surface area contributed by atoms with Crippen LogP contribution in [0.3, 0.4) is 0 Å². The Bertz CT molecular complexity index is 460. The van der Waals surface area contributed by atoms with E-state index in [1.54, 1.807) is 0 Å². The maximum atomic E-state index is 6.74. The van der Waals surface area contributed by atoms with Gasteiger partial charge in [0.1, 0.15) is 5.01 Å². The van der Waals surface area contributed by atoms with Gasteiger partial charge in [-0.15, -0.1) is 11.3 Å². The van der Waals surface area contributed by atoms with Gasteiger partial charge in [-0.3, -0.25) is 0 Å². The van der Waals surface area contributed by atoms with Crippen LogP contribution in [0.2, 0.25) is 0 Å². The van der Waals surface area contributed by atoms with Gasteiger partial charge < -0.3 is 5.73 Å². The Kier molecular flexibility index (Phi) is 3.70. The molecule has 0 unspecified atom stereocenters. The molecule has 0 spiro atoms. The van der Waals surface area contributed by atoms with Crippen molar-refractivity contribution in [1.82, 2.24) is 4.98 Å². The van der Waals surface area contributed by atoms with Crippen LogP contribution in [-0.4, -0.2) is 4.98 Å². The first-order valence-corrected chi connectivity index (χ1v) is 9.04. The highest BCUT2D eigenvalue weighted by molar-refractivity contribution is 7.12. The van der Waals surface area contributed by atoms with E-state index in [1.807, 2.05) is 11.3 Å². The lowest BCUT2D eigenvalue weighted by Gasteiger charge is -2.42. The van der Waals surface area contributed by atoms with Crippen molar-refractivity contribution in [3.8, 4) is 0 Å². The number of aryl methyl sites for hydroxylation is 2. The van der Waals surface area contributed by atoms with Crippen LogP contribution in [0.25, 0.3) is 0 Å². The Balaban J connectivity index is 1.72. The van der Waals surface area contributed by atoms with Crippen LogP contribution in [0.4, 0.5) is 0 Å². The molecule has 0 saturated heterocycles. The molecule has 0 bridgehead atoms. The summed E-state index contributed by atoms with van der Waals surface area (Å²) in [6.45, 7) is 7.15. The van der Waals surface area contributed by atoms with Crippen molar-refractivity contribution >= 4 is 11.3 Å². The molecule has 20 heavy (non-hydrogen) atoms. The summed E-state index contributed by atoms with van der Waals surface area (Å²) in [5.41, 5.74) is 8.42. The van der Waals surface area contributed by atoms with Crippen molar-refractivity contribution in [2.24, 2.45) is 17.1 Å². The number of hydrogen-bond acceptors (Lipinski definition) is 3. The topological polar surface area (TPSA) is 38.9 Å². The van der Waals surface area contributed by atoms with E-state index in [9.17, 15) is 0 Å². The Labute approximate surface area is 127 Å². The van der Waals surface area contributed by atoms with Crippen LogP contribution in [0.5, 0.6) is 0 Å². The first-order valence-electron chi connectivity index (χ1n) is 8.22. The largest absolute Gasteiger partial charge is 0.319 e.